The largest absolute Gasteiger partial charge is 0.497 e. The molecular formula is C11H16N2O. The van der Waals surface area contributed by atoms with Crippen molar-refractivity contribution < 1.29 is 4.74 Å². The van der Waals surface area contributed by atoms with Gasteiger partial charge in [0, 0.05) is 18.7 Å². The highest BCUT2D eigenvalue weighted by Crippen LogP contribution is 2.29. The van der Waals surface area contributed by atoms with Crippen molar-refractivity contribution in [2.75, 3.05) is 24.3 Å². The van der Waals surface area contributed by atoms with Crippen molar-refractivity contribution in [3.63, 3.8) is 0 Å². The van der Waals surface area contributed by atoms with Crippen molar-refractivity contribution >= 4 is 11.4 Å². The Morgan fingerprint density at radius 3 is 3.00 bits per heavy atom. The fourth-order valence-electron chi connectivity index (χ4n) is 1.68. The van der Waals surface area contributed by atoms with Crippen LogP contribution in [0.2, 0.25) is 0 Å². The molecule has 2 rings (SSSR count). The summed E-state index contributed by atoms with van der Waals surface area (Å²) in [5.41, 5.74) is 2.30. The fourth-order valence-corrected chi connectivity index (χ4v) is 1.68. The average molecular weight is 192 g/mol. The zero-order valence-electron chi connectivity index (χ0n) is 8.63. The number of methoxy groups -OCH3 is 1. The summed E-state index contributed by atoms with van der Waals surface area (Å²) in [6.45, 7) is 3.20. The quantitative estimate of drug-likeness (QED) is 0.716. The number of ether oxygens (including phenoxy) is 1. The molecule has 3 nitrogen and oxygen atoms in total. The molecule has 0 bridgehead atoms. The second kappa shape index (κ2) is 3.78. The predicted octanol–water partition coefficient (Wildman–Crippen LogP) is 2.31. The van der Waals surface area contributed by atoms with Crippen LogP contribution in [-0.2, 0) is 0 Å². The minimum Gasteiger partial charge on any atom is -0.497 e. The molecule has 1 aromatic rings. The Hall–Kier alpha value is -1.38. The lowest BCUT2D eigenvalue weighted by molar-refractivity contribution is 0.415. The van der Waals surface area contributed by atoms with Gasteiger partial charge in [-0.25, -0.2) is 0 Å². The van der Waals surface area contributed by atoms with Crippen LogP contribution >= 0.6 is 0 Å². The van der Waals surface area contributed by atoms with Gasteiger partial charge >= 0.3 is 0 Å². The number of hydrogen-bond acceptors (Lipinski definition) is 3. The molecule has 1 aliphatic heterocycles. The maximum Gasteiger partial charge on any atom is 0.121 e. The monoisotopic (exact) mass is 192 g/mol. The highest BCUT2D eigenvalue weighted by atomic mass is 16.5. The lowest BCUT2D eigenvalue weighted by atomic mass is 10.2. The number of benzene rings is 1. The molecule has 0 fully saturated rings. The summed E-state index contributed by atoms with van der Waals surface area (Å²) >= 11 is 0. The molecule has 0 radical (unpaired) electrons. The first-order valence-electron chi connectivity index (χ1n) is 4.98. The maximum absolute atomic E-state index is 5.18. The van der Waals surface area contributed by atoms with Crippen LogP contribution in [0.3, 0.4) is 0 Å². The Bertz CT molecular complexity index is 325. The van der Waals surface area contributed by atoms with E-state index in [1.165, 1.54) is 0 Å². The van der Waals surface area contributed by atoms with Gasteiger partial charge in [-0.15, -0.1) is 0 Å². The lowest BCUT2D eigenvalue weighted by Crippen LogP contribution is -2.14. The number of nitrogens with one attached hydrogen (secondary N) is 2. The Morgan fingerprint density at radius 1 is 1.36 bits per heavy atom. The number of hydrogen-bond donors (Lipinski definition) is 2. The van der Waals surface area contributed by atoms with Gasteiger partial charge in [0.2, 0.25) is 0 Å². The van der Waals surface area contributed by atoms with E-state index in [2.05, 4.69) is 23.6 Å². The molecule has 1 atom stereocenters. The number of fused-ring (bicyclic) bond motifs is 1. The van der Waals surface area contributed by atoms with E-state index in [1.54, 1.807) is 7.11 Å². The van der Waals surface area contributed by atoms with Crippen molar-refractivity contribution in [1.29, 1.82) is 0 Å². The highest BCUT2D eigenvalue weighted by molar-refractivity contribution is 5.71. The van der Waals surface area contributed by atoms with Crippen molar-refractivity contribution in [2.45, 2.75) is 19.4 Å². The molecule has 1 aromatic carbocycles. The molecule has 0 aliphatic carbocycles. The molecule has 0 aromatic heterocycles. The first-order chi connectivity index (χ1) is 6.79. The first kappa shape index (κ1) is 9.19. The molecule has 0 saturated carbocycles. The van der Waals surface area contributed by atoms with Gasteiger partial charge in [-0.3, -0.25) is 0 Å². The van der Waals surface area contributed by atoms with Crippen molar-refractivity contribution in [1.82, 2.24) is 0 Å². The maximum atomic E-state index is 5.18. The molecule has 1 heterocycles. The van der Waals surface area contributed by atoms with Crippen LogP contribution in [0, 0.1) is 0 Å². The molecule has 76 valence electrons. The summed E-state index contributed by atoms with van der Waals surface area (Å²) in [5.74, 6) is 0.896. The van der Waals surface area contributed by atoms with Crippen molar-refractivity contribution in [3.05, 3.63) is 18.2 Å². The van der Waals surface area contributed by atoms with E-state index in [-0.39, 0.29) is 0 Å². The van der Waals surface area contributed by atoms with E-state index < -0.39 is 0 Å². The van der Waals surface area contributed by atoms with Gasteiger partial charge in [-0.2, -0.15) is 0 Å². The molecule has 0 spiro atoms. The van der Waals surface area contributed by atoms with Gasteiger partial charge in [-0.05, 0) is 25.5 Å². The highest BCUT2D eigenvalue weighted by Gasteiger charge is 2.11. The van der Waals surface area contributed by atoms with Crippen LogP contribution in [0.4, 0.5) is 11.4 Å². The van der Waals surface area contributed by atoms with E-state index in [0.717, 1.165) is 30.1 Å². The molecule has 3 heteroatoms. The van der Waals surface area contributed by atoms with Crippen LogP contribution in [0.1, 0.15) is 13.3 Å². The van der Waals surface area contributed by atoms with Crippen molar-refractivity contribution in [3.8, 4) is 5.75 Å². The van der Waals surface area contributed by atoms with E-state index in [4.69, 9.17) is 4.74 Å². The van der Waals surface area contributed by atoms with Crippen molar-refractivity contribution in [2.24, 2.45) is 0 Å². The summed E-state index contributed by atoms with van der Waals surface area (Å²) in [6, 6.07) is 6.59. The molecule has 0 amide bonds. The second-order valence-corrected chi connectivity index (χ2v) is 3.67. The molecular weight excluding hydrogens is 176 g/mol. The summed E-state index contributed by atoms with van der Waals surface area (Å²) in [7, 11) is 1.69. The fraction of sp³-hybridized carbons (Fsp3) is 0.455. The van der Waals surface area contributed by atoms with Crippen LogP contribution in [-0.4, -0.2) is 19.7 Å². The molecule has 2 N–H and O–H groups in total. The third-order valence-corrected chi connectivity index (χ3v) is 2.52. The van der Waals surface area contributed by atoms with Gasteiger partial charge in [0.15, 0.2) is 0 Å². The van der Waals surface area contributed by atoms with Crippen LogP contribution in [0.25, 0.3) is 0 Å². The summed E-state index contributed by atoms with van der Waals surface area (Å²) in [4.78, 5) is 0. The zero-order chi connectivity index (χ0) is 9.97. The van der Waals surface area contributed by atoms with E-state index in [0.29, 0.717) is 6.04 Å². The van der Waals surface area contributed by atoms with Crippen LogP contribution < -0.4 is 15.4 Å². The van der Waals surface area contributed by atoms with E-state index >= 15 is 0 Å². The van der Waals surface area contributed by atoms with Crippen LogP contribution in [0.15, 0.2) is 18.2 Å². The third kappa shape index (κ3) is 1.76. The second-order valence-electron chi connectivity index (χ2n) is 3.67. The Labute approximate surface area is 84.5 Å². The van der Waals surface area contributed by atoms with Gasteiger partial charge in [-0.1, -0.05) is 0 Å². The molecule has 1 unspecified atom stereocenters. The minimum atomic E-state index is 0.525. The number of anilines is 2. The topological polar surface area (TPSA) is 33.3 Å². The Balaban J connectivity index is 2.31. The average Bonchev–Trinajstić information content (AvgIpc) is 2.37. The predicted molar refractivity (Wildman–Crippen MR) is 59.2 cm³/mol. The summed E-state index contributed by atoms with van der Waals surface area (Å²) in [5, 5.41) is 6.84. The smallest absolute Gasteiger partial charge is 0.121 e. The summed E-state index contributed by atoms with van der Waals surface area (Å²) in [6.07, 6.45) is 1.14. The zero-order valence-corrected chi connectivity index (χ0v) is 8.63. The number of rotatable bonds is 1. The molecule has 1 aliphatic rings. The molecule has 14 heavy (non-hydrogen) atoms. The normalized spacial score (nSPS) is 20.0. The van der Waals surface area contributed by atoms with Gasteiger partial charge in [0.25, 0.3) is 0 Å². The summed E-state index contributed by atoms with van der Waals surface area (Å²) < 4.78 is 5.18. The minimum absolute atomic E-state index is 0.525. The van der Waals surface area contributed by atoms with Gasteiger partial charge < -0.3 is 15.4 Å². The van der Waals surface area contributed by atoms with Gasteiger partial charge in [0.1, 0.15) is 5.75 Å². The first-order valence-corrected chi connectivity index (χ1v) is 4.98. The third-order valence-electron chi connectivity index (χ3n) is 2.52. The van der Waals surface area contributed by atoms with Crippen LogP contribution in [0.5, 0.6) is 5.75 Å². The Morgan fingerprint density at radius 2 is 2.21 bits per heavy atom. The van der Waals surface area contributed by atoms with E-state index in [1.807, 2.05) is 12.1 Å². The molecule has 0 saturated heterocycles. The van der Waals surface area contributed by atoms with Gasteiger partial charge in [0.05, 0.1) is 18.5 Å². The van der Waals surface area contributed by atoms with E-state index in [9.17, 15) is 0 Å². The Kier molecular flexibility index (Phi) is 2.48. The lowest BCUT2D eigenvalue weighted by Gasteiger charge is -2.12. The standard InChI is InChI=1S/C11H16N2O/c1-8-5-6-12-11-7-9(14-2)3-4-10(11)13-8/h3-4,7-8,12-13H,5-6H2,1-2H3. The SMILES string of the molecule is COc1ccc2c(c1)NCCC(C)N2.